The monoisotopic (exact) mass is 262 g/mol. The van der Waals surface area contributed by atoms with Gasteiger partial charge in [-0.3, -0.25) is 0 Å². The summed E-state index contributed by atoms with van der Waals surface area (Å²) >= 11 is 0. The number of carbonyl (C=O) groups is 1. The van der Waals surface area contributed by atoms with Crippen LogP contribution >= 0.6 is 0 Å². The lowest BCUT2D eigenvalue weighted by atomic mass is 9.97. The maximum Gasteiger partial charge on any atom is 0.339 e. The Bertz CT molecular complexity index is 457. The summed E-state index contributed by atoms with van der Waals surface area (Å²) in [5.41, 5.74) is 1.16. The normalized spacial score (nSPS) is 19.5. The van der Waals surface area contributed by atoms with Gasteiger partial charge in [0, 0.05) is 18.8 Å². The fourth-order valence-electron chi connectivity index (χ4n) is 2.94. The van der Waals surface area contributed by atoms with E-state index >= 15 is 0 Å². The largest absolute Gasteiger partial charge is 0.478 e. The summed E-state index contributed by atoms with van der Waals surface area (Å²) in [6.07, 6.45) is 7.44. The Kier molecular flexibility index (Phi) is 4.40. The summed E-state index contributed by atoms with van der Waals surface area (Å²) in [7, 11) is 0. The third kappa shape index (κ3) is 2.88. The second kappa shape index (κ2) is 6.04. The Morgan fingerprint density at radius 3 is 3.00 bits per heavy atom. The minimum Gasteiger partial charge on any atom is -0.478 e. The molecule has 1 aromatic heterocycles. The zero-order chi connectivity index (χ0) is 13.8. The van der Waals surface area contributed by atoms with Crippen molar-refractivity contribution in [2.45, 2.75) is 52.0 Å². The maximum absolute atomic E-state index is 11.5. The fourth-order valence-corrected chi connectivity index (χ4v) is 2.94. The molecule has 1 unspecified atom stereocenters. The van der Waals surface area contributed by atoms with E-state index in [1.807, 2.05) is 6.92 Å². The van der Waals surface area contributed by atoms with Crippen molar-refractivity contribution < 1.29 is 9.90 Å². The molecule has 1 aliphatic heterocycles. The van der Waals surface area contributed by atoms with E-state index in [2.05, 4.69) is 16.8 Å². The highest BCUT2D eigenvalue weighted by Gasteiger charge is 2.27. The van der Waals surface area contributed by atoms with E-state index < -0.39 is 5.97 Å². The third-order valence-corrected chi connectivity index (χ3v) is 3.87. The first kappa shape index (κ1) is 13.8. The number of aromatic carboxylic acids is 1. The number of aromatic nitrogens is 1. The molecule has 2 rings (SSSR count). The lowest BCUT2D eigenvalue weighted by molar-refractivity contribution is 0.0696. The van der Waals surface area contributed by atoms with Crippen molar-refractivity contribution in [2.24, 2.45) is 0 Å². The van der Waals surface area contributed by atoms with Crippen LogP contribution in [0.2, 0.25) is 0 Å². The predicted molar refractivity (Wildman–Crippen MR) is 75.8 cm³/mol. The van der Waals surface area contributed by atoms with Crippen molar-refractivity contribution in [1.82, 2.24) is 4.98 Å². The Balaban J connectivity index is 2.38. The van der Waals surface area contributed by atoms with Gasteiger partial charge in [0.15, 0.2) is 0 Å². The molecule has 0 saturated carbocycles. The molecule has 2 heterocycles. The number of carboxylic acid groups (broad SMARTS) is 1. The summed E-state index contributed by atoms with van der Waals surface area (Å²) in [4.78, 5) is 18.1. The van der Waals surface area contributed by atoms with Gasteiger partial charge in [-0.1, -0.05) is 13.3 Å². The number of pyridine rings is 1. The van der Waals surface area contributed by atoms with Crippen molar-refractivity contribution in [3.63, 3.8) is 0 Å². The molecule has 1 N–H and O–H groups in total. The molecule has 1 aromatic rings. The SMILES string of the molecule is CCCC1CCCCN1c1nccc(C)c1C(=O)O. The van der Waals surface area contributed by atoms with Gasteiger partial charge in [0.2, 0.25) is 0 Å². The molecule has 0 radical (unpaired) electrons. The molecule has 19 heavy (non-hydrogen) atoms. The van der Waals surface area contributed by atoms with Crippen LogP contribution in [0.15, 0.2) is 12.3 Å². The number of piperidine rings is 1. The molecule has 4 nitrogen and oxygen atoms in total. The number of anilines is 1. The summed E-state index contributed by atoms with van der Waals surface area (Å²) in [5.74, 6) is -0.216. The standard InChI is InChI=1S/C15H22N2O2/c1-3-6-12-7-4-5-10-17(12)14-13(15(18)19)11(2)8-9-16-14/h8-9,12H,3-7,10H2,1-2H3,(H,18,19). The van der Waals surface area contributed by atoms with Crippen molar-refractivity contribution in [1.29, 1.82) is 0 Å². The first-order valence-electron chi connectivity index (χ1n) is 7.10. The molecule has 0 spiro atoms. The Morgan fingerprint density at radius 1 is 1.53 bits per heavy atom. The topological polar surface area (TPSA) is 53.4 Å². The number of nitrogens with zero attached hydrogens (tertiary/aromatic N) is 2. The van der Waals surface area contributed by atoms with Crippen LogP contribution in [0.4, 0.5) is 5.82 Å². The first-order valence-corrected chi connectivity index (χ1v) is 7.10. The zero-order valence-electron chi connectivity index (χ0n) is 11.7. The van der Waals surface area contributed by atoms with Gasteiger partial charge in [0.25, 0.3) is 0 Å². The predicted octanol–water partition coefficient (Wildman–Crippen LogP) is 3.25. The van der Waals surface area contributed by atoms with Crippen molar-refractivity contribution in [3.8, 4) is 0 Å². The fraction of sp³-hybridized carbons (Fsp3) is 0.600. The van der Waals surface area contributed by atoms with E-state index in [-0.39, 0.29) is 0 Å². The van der Waals surface area contributed by atoms with Crippen LogP contribution in [0.5, 0.6) is 0 Å². The van der Waals surface area contributed by atoms with Gasteiger partial charge in [0.1, 0.15) is 11.4 Å². The van der Waals surface area contributed by atoms with Gasteiger partial charge in [-0.15, -0.1) is 0 Å². The molecular formula is C15H22N2O2. The third-order valence-electron chi connectivity index (χ3n) is 3.87. The highest BCUT2D eigenvalue weighted by Crippen LogP contribution is 2.29. The van der Waals surface area contributed by atoms with Crippen LogP contribution < -0.4 is 4.90 Å². The van der Waals surface area contributed by atoms with Crippen molar-refractivity contribution in [3.05, 3.63) is 23.4 Å². The van der Waals surface area contributed by atoms with Crippen LogP contribution in [0, 0.1) is 6.92 Å². The molecule has 1 atom stereocenters. The van der Waals surface area contributed by atoms with Crippen LogP contribution in [0.1, 0.15) is 54.9 Å². The number of carboxylic acids is 1. The van der Waals surface area contributed by atoms with E-state index in [4.69, 9.17) is 0 Å². The van der Waals surface area contributed by atoms with E-state index in [1.54, 1.807) is 12.3 Å². The van der Waals surface area contributed by atoms with Gasteiger partial charge in [0.05, 0.1) is 0 Å². The number of hydrogen-bond acceptors (Lipinski definition) is 3. The highest BCUT2D eigenvalue weighted by molar-refractivity contribution is 5.95. The second-order valence-corrected chi connectivity index (χ2v) is 5.26. The summed E-state index contributed by atoms with van der Waals surface area (Å²) in [6, 6.07) is 2.21. The lowest BCUT2D eigenvalue weighted by Crippen LogP contribution is -2.41. The van der Waals surface area contributed by atoms with Crippen LogP contribution in [0.3, 0.4) is 0 Å². The van der Waals surface area contributed by atoms with E-state index in [9.17, 15) is 9.90 Å². The number of hydrogen-bond donors (Lipinski definition) is 1. The van der Waals surface area contributed by atoms with Gasteiger partial charge in [-0.05, 0) is 44.2 Å². The van der Waals surface area contributed by atoms with Crippen LogP contribution in [0.25, 0.3) is 0 Å². The maximum atomic E-state index is 11.5. The van der Waals surface area contributed by atoms with Gasteiger partial charge >= 0.3 is 5.97 Å². The van der Waals surface area contributed by atoms with E-state index in [1.165, 1.54) is 6.42 Å². The molecule has 0 aromatic carbocycles. The summed E-state index contributed by atoms with van der Waals surface area (Å²) in [5, 5.41) is 9.43. The summed E-state index contributed by atoms with van der Waals surface area (Å²) in [6.45, 7) is 4.93. The first-order chi connectivity index (χ1) is 9.15. The van der Waals surface area contributed by atoms with Crippen LogP contribution in [-0.2, 0) is 0 Å². The molecule has 1 fully saturated rings. The smallest absolute Gasteiger partial charge is 0.339 e. The molecule has 1 saturated heterocycles. The molecule has 4 heteroatoms. The average Bonchev–Trinajstić information content (AvgIpc) is 2.39. The molecule has 0 bridgehead atoms. The van der Waals surface area contributed by atoms with E-state index in [0.29, 0.717) is 17.4 Å². The lowest BCUT2D eigenvalue weighted by Gasteiger charge is -2.37. The van der Waals surface area contributed by atoms with Crippen molar-refractivity contribution in [2.75, 3.05) is 11.4 Å². The number of aryl methyl sites for hydroxylation is 1. The molecule has 1 aliphatic rings. The Hall–Kier alpha value is -1.58. The van der Waals surface area contributed by atoms with Gasteiger partial charge in [-0.2, -0.15) is 0 Å². The number of rotatable bonds is 4. The van der Waals surface area contributed by atoms with E-state index in [0.717, 1.165) is 37.8 Å². The highest BCUT2D eigenvalue weighted by atomic mass is 16.4. The molecule has 104 valence electrons. The average molecular weight is 262 g/mol. The van der Waals surface area contributed by atoms with Crippen LogP contribution in [-0.4, -0.2) is 28.6 Å². The second-order valence-electron chi connectivity index (χ2n) is 5.26. The Labute approximate surface area is 114 Å². The molecular weight excluding hydrogens is 240 g/mol. The molecule has 0 amide bonds. The van der Waals surface area contributed by atoms with Crippen molar-refractivity contribution >= 4 is 11.8 Å². The molecule has 0 aliphatic carbocycles. The quantitative estimate of drug-likeness (QED) is 0.905. The minimum atomic E-state index is -0.874. The van der Waals surface area contributed by atoms with Gasteiger partial charge in [-0.25, -0.2) is 9.78 Å². The minimum absolute atomic E-state index is 0.366. The summed E-state index contributed by atoms with van der Waals surface area (Å²) < 4.78 is 0. The Morgan fingerprint density at radius 2 is 2.32 bits per heavy atom. The zero-order valence-corrected chi connectivity index (χ0v) is 11.7. The van der Waals surface area contributed by atoms with Gasteiger partial charge < -0.3 is 10.0 Å².